The fourth-order valence-electron chi connectivity index (χ4n) is 3.85. The van der Waals surface area contributed by atoms with Gasteiger partial charge in [0, 0.05) is 28.7 Å². The summed E-state index contributed by atoms with van der Waals surface area (Å²) in [6.45, 7) is 2.36. The summed E-state index contributed by atoms with van der Waals surface area (Å²) in [4.78, 5) is 3.68. The van der Waals surface area contributed by atoms with Crippen LogP contribution in [0.2, 0.25) is 0 Å². The van der Waals surface area contributed by atoms with E-state index in [1.807, 2.05) is 0 Å². The number of fused-ring (bicyclic) bond motifs is 3. The smallest absolute Gasteiger partial charge is 0.0478 e. The number of aromatic amines is 1. The van der Waals surface area contributed by atoms with E-state index in [1.165, 1.54) is 55.1 Å². The number of hydrogen-bond acceptors (Lipinski definition) is 1. The number of benzene rings is 1. The molecule has 1 saturated carbocycles. The maximum atomic E-state index is 3.88. The Bertz CT molecular complexity index is 609. The molecule has 0 radical (unpaired) electrons. The standard InChI is InChI=1S/C18H24N2/c1-12(11-13-9-10-13)19-17-8-4-6-15-14-5-2-3-7-16(14)20-18(15)17/h2-3,5,7,12-13,17,19-20H,4,6,8-11H2,1H3. The van der Waals surface area contributed by atoms with Crippen molar-refractivity contribution in [3.8, 4) is 0 Å². The van der Waals surface area contributed by atoms with Crippen LogP contribution in [0.5, 0.6) is 0 Å². The SMILES string of the molecule is CC(CC1CC1)NC1CCCc2c1[nH]c1ccccc21. The molecule has 106 valence electrons. The van der Waals surface area contributed by atoms with E-state index < -0.39 is 0 Å². The summed E-state index contributed by atoms with van der Waals surface area (Å²) in [6.07, 6.45) is 8.07. The zero-order valence-corrected chi connectivity index (χ0v) is 12.3. The minimum absolute atomic E-state index is 0.528. The molecule has 2 aromatic rings. The highest BCUT2D eigenvalue weighted by Crippen LogP contribution is 2.37. The molecule has 0 bridgehead atoms. The second kappa shape index (κ2) is 4.92. The first-order valence-electron chi connectivity index (χ1n) is 8.17. The van der Waals surface area contributed by atoms with Crippen molar-refractivity contribution >= 4 is 10.9 Å². The minimum Gasteiger partial charge on any atom is -0.357 e. The normalized spacial score (nSPS) is 23.8. The molecule has 4 rings (SSSR count). The largest absolute Gasteiger partial charge is 0.357 e. The maximum absolute atomic E-state index is 3.88. The lowest BCUT2D eigenvalue weighted by Gasteiger charge is -2.27. The topological polar surface area (TPSA) is 27.8 Å². The van der Waals surface area contributed by atoms with Crippen LogP contribution in [0.4, 0.5) is 0 Å². The molecular weight excluding hydrogens is 244 g/mol. The van der Waals surface area contributed by atoms with Crippen LogP contribution in [-0.2, 0) is 6.42 Å². The molecule has 0 amide bonds. The Morgan fingerprint density at radius 2 is 2.10 bits per heavy atom. The van der Waals surface area contributed by atoms with Crippen LogP contribution in [-0.4, -0.2) is 11.0 Å². The van der Waals surface area contributed by atoms with E-state index in [0.29, 0.717) is 12.1 Å². The third-order valence-corrected chi connectivity index (χ3v) is 4.98. The Morgan fingerprint density at radius 1 is 1.25 bits per heavy atom. The van der Waals surface area contributed by atoms with Gasteiger partial charge in [0.25, 0.3) is 0 Å². The number of nitrogens with one attached hydrogen (secondary N) is 2. The molecule has 1 fully saturated rings. The molecular formula is C18H24N2. The second-order valence-corrected chi connectivity index (χ2v) is 6.75. The summed E-state index contributed by atoms with van der Waals surface area (Å²) in [5.41, 5.74) is 4.32. The zero-order valence-electron chi connectivity index (χ0n) is 12.3. The van der Waals surface area contributed by atoms with Crippen LogP contribution >= 0.6 is 0 Å². The van der Waals surface area contributed by atoms with Crippen molar-refractivity contribution in [1.82, 2.24) is 10.3 Å². The van der Waals surface area contributed by atoms with Gasteiger partial charge in [-0.05, 0) is 50.2 Å². The highest BCUT2D eigenvalue weighted by atomic mass is 15.0. The van der Waals surface area contributed by atoms with E-state index in [-0.39, 0.29) is 0 Å². The monoisotopic (exact) mass is 268 g/mol. The lowest BCUT2D eigenvalue weighted by Crippen LogP contribution is -2.33. The van der Waals surface area contributed by atoms with Crippen LogP contribution in [0.25, 0.3) is 10.9 Å². The lowest BCUT2D eigenvalue weighted by molar-refractivity contribution is 0.381. The predicted octanol–water partition coefficient (Wildman–Crippen LogP) is 4.32. The fraction of sp³-hybridized carbons (Fsp3) is 0.556. The molecule has 2 atom stereocenters. The summed E-state index contributed by atoms with van der Waals surface area (Å²) < 4.78 is 0. The molecule has 0 saturated heterocycles. The first-order chi connectivity index (χ1) is 9.81. The quantitative estimate of drug-likeness (QED) is 0.849. The average molecular weight is 268 g/mol. The van der Waals surface area contributed by atoms with E-state index in [9.17, 15) is 0 Å². The van der Waals surface area contributed by atoms with Crippen LogP contribution in [0, 0.1) is 5.92 Å². The summed E-state index contributed by atoms with van der Waals surface area (Å²) in [6, 6.07) is 9.93. The van der Waals surface area contributed by atoms with Crippen LogP contribution in [0.1, 0.15) is 56.3 Å². The zero-order chi connectivity index (χ0) is 13.5. The van der Waals surface area contributed by atoms with Gasteiger partial charge in [0.15, 0.2) is 0 Å². The number of H-pyrrole nitrogens is 1. The van der Waals surface area contributed by atoms with Crippen LogP contribution in [0.15, 0.2) is 24.3 Å². The van der Waals surface area contributed by atoms with Gasteiger partial charge in [-0.25, -0.2) is 0 Å². The van der Waals surface area contributed by atoms with Crippen molar-refractivity contribution in [3.05, 3.63) is 35.5 Å². The highest BCUT2D eigenvalue weighted by Gasteiger charge is 2.28. The number of aryl methyl sites for hydroxylation is 1. The molecule has 1 heterocycles. The van der Waals surface area contributed by atoms with Gasteiger partial charge < -0.3 is 10.3 Å². The van der Waals surface area contributed by atoms with Crippen LogP contribution in [0.3, 0.4) is 0 Å². The molecule has 2 nitrogen and oxygen atoms in total. The van der Waals surface area contributed by atoms with Gasteiger partial charge in [-0.3, -0.25) is 0 Å². The Morgan fingerprint density at radius 3 is 2.95 bits per heavy atom. The Labute approximate surface area is 121 Å². The molecule has 2 unspecified atom stereocenters. The van der Waals surface area contributed by atoms with Gasteiger partial charge >= 0.3 is 0 Å². The van der Waals surface area contributed by atoms with Gasteiger partial charge in [0.1, 0.15) is 0 Å². The summed E-state index contributed by atoms with van der Waals surface area (Å²) in [5.74, 6) is 1.00. The summed E-state index contributed by atoms with van der Waals surface area (Å²) in [5, 5.41) is 5.31. The minimum atomic E-state index is 0.528. The maximum Gasteiger partial charge on any atom is 0.0478 e. The molecule has 2 aliphatic rings. The third kappa shape index (κ3) is 2.26. The molecule has 1 aromatic heterocycles. The lowest BCUT2D eigenvalue weighted by atomic mass is 9.91. The molecule has 1 aromatic carbocycles. The number of para-hydroxylation sites is 1. The average Bonchev–Trinajstić information content (AvgIpc) is 3.17. The molecule has 2 N–H and O–H groups in total. The van der Waals surface area contributed by atoms with Crippen molar-refractivity contribution in [2.75, 3.05) is 0 Å². The van der Waals surface area contributed by atoms with E-state index in [2.05, 4.69) is 41.5 Å². The molecule has 0 aliphatic heterocycles. The second-order valence-electron chi connectivity index (χ2n) is 6.75. The molecule has 20 heavy (non-hydrogen) atoms. The first-order valence-corrected chi connectivity index (χ1v) is 8.17. The summed E-state index contributed by atoms with van der Waals surface area (Å²) >= 11 is 0. The first kappa shape index (κ1) is 12.5. The van der Waals surface area contributed by atoms with Crippen molar-refractivity contribution in [2.24, 2.45) is 5.92 Å². The van der Waals surface area contributed by atoms with Crippen molar-refractivity contribution in [2.45, 2.75) is 57.5 Å². The third-order valence-electron chi connectivity index (χ3n) is 4.98. The number of aromatic nitrogens is 1. The summed E-state index contributed by atoms with van der Waals surface area (Å²) in [7, 11) is 0. The van der Waals surface area contributed by atoms with Crippen molar-refractivity contribution in [3.63, 3.8) is 0 Å². The van der Waals surface area contributed by atoms with Crippen molar-refractivity contribution < 1.29 is 0 Å². The van der Waals surface area contributed by atoms with Gasteiger partial charge in [0.05, 0.1) is 0 Å². The molecule has 2 heteroatoms. The van der Waals surface area contributed by atoms with Gasteiger partial charge in [-0.2, -0.15) is 0 Å². The Hall–Kier alpha value is -1.28. The van der Waals surface area contributed by atoms with Crippen LogP contribution < -0.4 is 5.32 Å². The predicted molar refractivity (Wildman–Crippen MR) is 83.9 cm³/mol. The highest BCUT2D eigenvalue weighted by molar-refractivity contribution is 5.85. The van der Waals surface area contributed by atoms with Gasteiger partial charge in [-0.1, -0.05) is 31.0 Å². The Kier molecular flexibility index (Phi) is 3.07. The fourth-order valence-corrected chi connectivity index (χ4v) is 3.85. The van der Waals surface area contributed by atoms with E-state index in [1.54, 1.807) is 5.56 Å². The number of rotatable bonds is 4. The van der Waals surface area contributed by atoms with E-state index in [0.717, 1.165) is 5.92 Å². The van der Waals surface area contributed by atoms with Crippen molar-refractivity contribution in [1.29, 1.82) is 0 Å². The Balaban J connectivity index is 1.60. The molecule has 2 aliphatic carbocycles. The molecule has 0 spiro atoms. The van der Waals surface area contributed by atoms with Gasteiger partial charge in [-0.15, -0.1) is 0 Å². The van der Waals surface area contributed by atoms with E-state index in [4.69, 9.17) is 0 Å². The van der Waals surface area contributed by atoms with Gasteiger partial charge in [0.2, 0.25) is 0 Å². The van der Waals surface area contributed by atoms with E-state index >= 15 is 0 Å². The number of hydrogen-bond donors (Lipinski definition) is 2.